The molecular formula is C16H14Cl4N2S2. The lowest BCUT2D eigenvalue weighted by molar-refractivity contribution is 1.05. The largest absolute Gasteiger partial charge is 0.268 e. The van der Waals surface area contributed by atoms with Crippen molar-refractivity contribution in [1.29, 1.82) is 0 Å². The molecule has 1 aliphatic heterocycles. The monoisotopic (exact) mass is 438 g/mol. The van der Waals surface area contributed by atoms with E-state index >= 15 is 0 Å². The summed E-state index contributed by atoms with van der Waals surface area (Å²) < 4.78 is 0.895. The van der Waals surface area contributed by atoms with Gasteiger partial charge in [0.2, 0.25) is 0 Å². The minimum absolute atomic E-state index is 0.831. The van der Waals surface area contributed by atoms with E-state index in [0.717, 1.165) is 22.5 Å². The van der Waals surface area contributed by atoms with Crippen LogP contribution in [0, 0.1) is 13.8 Å². The minimum atomic E-state index is -1.27. The van der Waals surface area contributed by atoms with Crippen LogP contribution < -0.4 is 8.61 Å². The van der Waals surface area contributed by atoms with E-state index < -0.39 is 7.58 Å². The summed E-state index contributed by atoms with van der Waals surface area (Å²) in [7, 11) is 0. The van der Waals surface area contributed by atoms with Gasteiger partial charge in [-0.2, -0.15) is 0 Å². The molecule has 0 saturated carbocycles. The van der Waals surface area contributed by atoms with Gasteiger partial charge >= 0.3 is 0 Å². The van der Waals surface area contributed by atoms with Gasteiger partial charge in [-0.15, -0.1) is 0 Å². The Hall–Kier alpha value is -0.100. The predicted octanol–water partition coefficient (Wildman–Crippen LogP) is 7.10. The Morgan fingerprint density at radius 2 is 0.917 bits per heavy atom. The van der Waals surface area contributed by atoms with Gasteiger partial charge in [0, 0.05) is 23.9 Å². The summed E-state index contributed by atoms with van der Waals surface area (Å²) in [4.78, 5) is 0. The third-order valence-corrected chi connectivity index (χ3v) is 7.69. The van der Waals surface area contributed by atoms with Crippen LogP contribution in [0.15, 0.2) is 48.5 Å². The van der Waals surface area contributed by atoms with Crippen molar-refractivity contribution in [2.24, 2.45) is 0 Å². The second-order valence-electron chi connectivity index (χ2n) is 5.41. The van der Waals surface area contributed by atoms with Gasteiger partial charge < -0.3 is 0 Å². The number of hydrogen-bond donors (Lipinski definition) is 0. The molecule has 0 unspecified atom stereocenters. The highest BCUT2D eigenvalue weighted by atomic mass is 35.5. The molecule has 3 rings (SSSR count). The van der Waals surface area contributed by atoms with E-state index in [1.54, 1.807) is 8.61 Å². The fraction of sp³-hybridized carbons (Fsp3) is 0.250. The Morgan fingerprint density at radius 1 is 0.625 bits per heavy atom. The van der Waals surface area contributed by atoms with Crippen LogP contribution in [-0.4, -0.2) is 7.58 Å². The van der Waals surface area contributed by atoms with E-state index in [4.69, 9.17) is 46.4 Å². The van der Waals surface area contributed by atoms with Crippen LogP contribution in [0.1, 0.15) is 11.1 Å². The lowest BCUT2D eigenvalue weighted by Crippen LogP contribution is -2.49. The van der Waals surface area contributed by atoms with Crippen LogP contribution in [0.2, 0.25) is 0 Å². The number of halogens is 4. The van der Waals surface area contributed by atoms with Crippen molar-refractivity contribution in [1.82, 2.24) is 0 Å². The van der Waals surface area contributed by atoms with Crippen LogP contribution in [0.4, 0.5) is 11.4 Å². The molecule has 0 bridgehead atoms. The van der Waals surface area contributed by atoms with Crippen molar-refractivity contribution >= 4 is 81.7 Å². The second kappa shape index (κ2) is 6.90. The quantitative estimate of drug-likeness (QED) is 0.279. The number of benzene rings is 2. The molecule has 0 radical (unpaired) electrons. The number of alkyl halides is 4. The Balaban J connectivity index is 1.93. The first-order chi connectivity index (χ1) is 11.2. The van der Waals surface area contributed by atoms with Crippen molar-refractivity contribution in [3.63, 3.8) is 0 Å². The Labute approximate surface area is 170 Å². The summed E-state index contributed by atoms with van der Waals surface area (Å²) in [6.07, 6.45) is 0. The van der Waals surface area contributed by atoms with E-state index in [-0.39, 0.29) is 0 Å². The maximum absolute atomic E-state index is 6.59. The molecule has 8 heteroatoms. The Bertz CT molecular complexity index is 656. The van der Waals surface area contributed by atoms with E-state index in [1.165, 1.54) is 23.9 Å². The van der Waals surface area contributed by atoms with Crippen molar-refractivity contribution in [3.8, 4) is 0 Å². The van der Waals surface area contributed by atoms with Gasteiger partial charge in [0.1, 0.15) is 0 Å². The van der Waals surface area contributed by atoms with E-state index in [1.807, 2.05) is 62.4 Å². The van der Waals surface area contributed by atoms with Gasteiger partial charge in [-0.05, 0) is 38.1 Å². The second-order valence-corrected chi connectivity index (χ2v) is 11.2. The zero-order valence-electron chi connectivity index (χ0n) is 12.8. The predicted molar refractivity (Wildman–Crippen MR) is 111 cm³/mol. The maximum atomic E-state index is 6.59. The molecule has 2 aromatic rings. The van der Waals surface area contributed by atoms with Crippen LogP contribution in [0.5, 0.6) is 0 Å². The van der Waals surface area contributed by atoms with Crippen LogP contribution >= 0.6 is 70.3 Å². The fourth-order valence-electron chi connectivity index (χ4n) is 2.17. The number of nitrogens with zero attached hydrogens (tertiary/aromatic N) is 2. The molecule has 0 spiro atoms. The number of rotatable bonds is 2. The first kappa shape index (κ1) is 18.7. The molecule has 0 amide bonds. The van der Waals surface area contributed by atoms with Crippen molar-refractivity contribution in [3.05, 3.63) is 59.7 Å². The molecule has 1 heterocycles. The molecule has 2 aromatic carbocycles. The molecule has 1 saturated heterocycles. The van der Waals surface area contributed by atoms with Gasteiger partial charge in [-0.25, -0.2) is 0 Å². The van der Waals surface area contributed by atoms with Gasteiger partial charge in [-0.3, -0.25) is 8.61 Å². The first-order valence-corrected chi connectivity index (χ1v) is 10.1. The van der Waals surface area contributed by atoms with Gasteiger partial charge in [-0.1, -0.05) is 81.8 Å². The zero-order chi connectivity index (χ0) is 17.5. The molecular weight excluding hydrogens is 426 g/mol. The third-order valence-electron chi connectivity index (χ3n) is 3.41. The Morgan fingerprint density at radius 3 is 1.21 bits per heavy atom. The molecule has 0 aromatic heterocycles. The van der Waals surface area contributed by atoms with Gasteiger partial charge in [0.05, 0.1) is 11.4 Å². The molecule has 0 atom stereocenters. The van der Waals surface area contributed by atoms with Gasteiger partial charge in [0.25, 0.3) is 7.58 Å². The van der Waals surface area contributed by atoms with Crippen LogP contribution in [0.3, 0.4) is 0 Å². The lowest BCUT2D eigenvalue weighted by atomic mass is 10.2. The average Bonchev–Trinajstić information content (AvgIpc) is 2.51. The van der Waals surface area contributed by atoms with Crippen molar-refractivity contribution in [2.75, 3.05) is 8.61 Å². The van der Waals surface area contributed by atoms with Crippen molar-refractivity contribution in [2.45, 2.75) is 21.4 Å². The smallest absolute Gasteiger partial charge is 0.267 e. The zero-order valence-corrected chi connectivity index (χ0v) is 17.5. The van der Waals surface area contributed by atoms with Crippen LogP contribution in [0.25, 0.3) is 0 Å². The highest BCUT2D eigenvalue weighted by Gasteiger charge is 2.52. The summed E-state index contributed by atoms with van der Waals surface area (Å²) in [5.41, 5.74) is 3.95. The number of aryl methyl sites for hydroxylation is 2. The number of anilines is 2. The van der Waals surface area contributed by atoms with Crippen molar-refractivity contribution < 1.29 is 0 Å². The standard InChI is InChI=1S/C16H14Cl4N2S2/c1-11-3-7-13(8-4-11)21-15(17,18)24-22(16(19,20)23-21)14-9-5-12(2)6-10-14/h3-10H,1-2H3. The summed E-state index contributed by atoms with van der Waals surface area (Å²) >= 11 is 28.7. The molecule has 1 aliphatic rings. The molecule has 0 N–H and O–H groups in total. The van der Waals surface area contributed by atoms with E-state index in [0.29, 0.717) is 0 Å². The highest BCUT2D eigenvalue weighted by Crippen LogP contribution is 2.61. The van der Waals surface area contributed by atoms with E-state index in [9.17, 15) is 0 Å². The van der Waals surface area contributed by atoms with E-state index in [2.05, 4.69) is 0 Å². The topological polar surface area (TPSA) is 6.48 Å². The summed E-state index contributed by atoms with van der Waals surface area (Å²) in [5, 5.41) is 0. The Kier molecular flexibility index (Phi) is 5.37. The number of hydrogen-bond acceptors (Lipinski definition) is 4. The average molecular weight is 440 g/mol. The molecule has 128 valence electrons. The molecule has 1 fully saturated rings. The summed E-state index contributed by atoms with van der Waals surface area (Å²) in [5.74, 6) is 0. The molecule has 0 aliphatic carbocycles. The highest BCUT2D eigenvalue weighted by molar-refractivity contribution is 8.13. The minimum Gasteiger partial charge on any atom is -0.268 e. The SMILES string of the molecule is Cc1ccc(N2SC(Cl)(Cl)N(c3ccc(C)cc3)SC2(Cl)Cl)cc1. The third kappa shape index (κ3) is 3.84. The first-order valence-electron chi connectivity index (χ1n) is 7.07. The van der Waals surface area contributed by atoms with Gasteiger partial charge in [0.15, 0.2) is 0 Å². The maximum Gasteiger partial charge on any atom is 0.267 e. The fourth-order valence-corrected chi connectivity index (χ4v) is 5.69. The molecule has 24 heavy (non-hydrogen) atoms. The summed E-state index contributed by atoms with van der Waals surface area (Å²) in [6.45, 7) is 4.03. The normalized spacial score (nSPS) is 19.4. The molecule has 2 nitrogen and oxygen atoms in total. The lowest BCUT2D eigenvalue weighted by Gasteiger charge is -2.48. The summed E-state index contributed by atoms with van der Waals surface area (Å²) in [6, 6.07) is 15.7. The van der Waals surface area contributed by atoms with Crippen LogP contribution in [-0.2, 0) is 0 Å².